The Morgan fingerprint density at radius 3 is 2.68 bits per heavy atom. The summed E-state index contributed by atoms with van der Waals surface area (Å²) in [6.07, 6.45) is 1.61. The highest BCUT2D eigenvalue weighted by Crippen LogP contribution is 2.33. The van der Waals surface area contributed by atoms with Crippen molar-refractivity contribution in [2.24, 2.45) is 5.84 Å². The zero-order chi connectivity index (χ0) is 22.5. The molecule has 2 aromatic carbocycles. The molecule has 0 unspecified atom stereocenters. The van der Waals surface area contributed by atoms with Crippen molar-refractivity contribution in [3.8, 4) is 28.3 Å². The third-order valence-corrected chi connectivity index (χ3v) is 4.57. The first kappa shape index (κ1) is 21.6. The number of rotatable bonds is 7. The number of nitrogen functional groups attached to an aromatic ring is 2. The Labute approximate surface area is 178 Å². The van der Waals surface area contributed by atoms with Crippen molar-refractivity contribution in [2.75, 3.05) is 17.8 Å². The highest BCUT2D eigenvalue weighted by atomic mass is 16.5. The van der Waals surface area contributed by atoms with E-state index in [1.165, 1.54) is 0 Å². The monoisotopic (exact) mass is 421 g/mol. The lowest BCUT2D eigenvalue weighted by atomic mass is 10.00. The topological polar surface area (TPSA) is 156 Å². The van der Waals surface area contributed by atoms with E-state index in [0.717, 1.165) is 16.7 Å². The minimum Gasteiger partial charge on any atom is -0.493 e. The van der Waals surface area contributed by atoms with Gasteiger partial charge in [-0.25, -0.2) is 15.6 Å². The Morgan fingerprint density at radius 1 is 1.26 bits per heavy atom. The molecular weight excluding hydrogens is 398 g/mol. The Hall–Kier alpha value is -4.11. The van der Waals surface area contributed by atoms with Gasteiger partial charge in [-0.3, -0.25) is 4.79 Å². The number of ether oxygens (including phenoxy) is 1. The smallest absolute Gasteiger partial charge is 0.331 e. The Kier molecular flexibility index (Phi) is 6.37. The maximum atomic E-state index is 12.1. The highest BCUT2D eigenvalue weighted by Gasteiger charge is 2.14. The molecule has 1 heterocycles. The summed E-state index contributed by atoms with van der Waals surface area (Å²) < 4.78 is 5.79. The molecule has 160 valence electrons. The van der Waals surface area contributed by atoms with Gasteiger partial charge >= 0.3 is 5.97 Å². The van der Waals surface area contributed by atoms with E-state index in [-0.39, 0.29) is 22.9 Å². The second kappa shape index (κ2) is 9.14. The molecule has 0 saturated carbocycles. The van der Waals surface area contributed by atoms with Gasteiger partial charge in [-0.15, -0.1) is 0 Å². The zero-order valence-corrected chi connectivity index (χ0v) is 17.1. The first-order valence-corrected chi connectivity index (χ1v) is 9.49. The van der Waals surface area contributed by atoms with E-state index in [9.17, 15) is 9.59 Å². The fraction of sp³-hybridized carbons (Fsp3) is 0.136. The summed E-state index contributed by atoms with van der Waals surface area (Å²) in [6.45, 7) is 3.79. The van der Waals surface area contributed by atoms with Gasteiger partial charge in [0.05, 0.1) is 12.2 Å². The SMILES string of the molecule is CCOc1cc(-c2cccc(/C=C(\C)C(=O)O)c2)ccc1-c1nc(NN)c(N)c(=O)[nH]1. The van der Waals surface area contributed by atoms with Crippen LogP contribution in [-0.4, -0.2) is 27.7 Å². The number of nitrogens with one attached hydrogen (secondary N) is 2. The van der Waals surface area contributed by atoms with E-state index < -0.39 is 11.5 Å². The van der Waals surface area contributed by atoms with E-state index >= 15 is 0 Å². The van der Waals surface area contributed by atoms with Gasteiger partial charge in [0, 0.05) is 5.57 Å². The number of hydrogen-bond donors (Lipinski definition) is 5. The van der Waals surface area contributed by atoms with Crippen molar-refractivity contribution >= 4 is 23.6 Å². The Bertz CT molecular complexity index is 1220. The first-order chi connectivity index (χ1) is 14.8. The molecule has 9 nitrogen and oxygen atoms in total. The predicted octanol–water partition coefficient (Wildman–Crippen LogP) is 2.86. The van der Waals surface area contributed by atoms with Gasteiger partial charge in [0.2, 0.25) is 0 Å². The van der Waals surface area contributed by atoms with Crippen molar-refractivity contribution in [3.63, 3.8) is 0 Å². The molecule has 31 heavy (non-hydrogen) atoms. The molecule has 0 aliphatic heterocycles. The van der Waals surface area contributed by atoms with Gasteiger partial charge in [0.25, 0.3) is 5.56 Å². The van der Waals surface area contributed by atoms with Crippen molar-refractivity contribution in [2.45, 2.75) is 13.8 Å². The van der Waals surface area contributed by atoms with Crippen LogP contribution in [0.3, 0.4) is 0 Å². The van der Waals surface area contributed by atoms with Crippen LogP contribution in [-0.2, 0) is 4.79 Å². The van der Waals surface area contributed by atoms with Gasteiger partial charge in [-0.05, 0) is 54.8 Å². The maximum Gasteiger partial charge on any atom is 0.331 e. The number of aromatic nitrogens is 2. The van der Waals surface area contributed by atoms with Gasteiger partial charge < -0.3 is 26.0 Å². The minimum absolute atomic E-state index is 0.0681. The lowest BCUT2D eigenvalue weighted by molar-refractivity contribution is -0.132. The number of anilines is 2. The van der Waals surface area contributed by atoms with Crippen LogP contribution >= 0.6 is 0 Å². The third-order valence-electron chi connectivity index (χ3n) is 4.57. The van der Waals surface area contributed by atoms with Crippen molar-refractivity contribution in [1.29, 1.82) is 0 Å². The summed E-state index contributed by atoms with van der Waals surface area (Å²) in [6, 6.07) is 12.9. The summed E-state index contributed by atoms with van der Waals surface area (Å²) in [4.78, 5) is 30.1. The molecule has 3 rings (SSSR count). The second-order valence-electron chi connectivity index (χ2n) is 6.72. The molecule has 7 N–H and O–H groups in total. The summed E-state index contributed by atoms with van der Waals surface area (Å²) in [5, 5.41) is 9.10. The zero-order valence-electron chi connectivity index (χ0n) is 17.1. The molecular formula is C22H23N5O4. The fourth-order valence-electron chi connectivity index (χ4n) is 3.01. The molecule has 0 radical (unpaired) electrons. The number of carboxylic acid groups (broad SMARTS) is 1. The third kappa shape index (κ3) is 4.73. The fourth-order valence-corrected chi connectivity index (χ4v) is 3.01. The molecule has 0 saturated heterocycles. The summed E-state index contributed by atoms with van der Waals surface area (Å²) in [5.74, 6) is 5.29. The molecule has 0 spiro atoms. The molecule has 1 aromatic heterocycles. The van der Waals surface area contributed by atoms with Crippen molar-refractivity contribution in [3.05, 3.63) is 64.0 Å². The molecule has 0 atom stereocenters. The van der Waals surface area contributed by atoms with E-state index in [4.69, 9.17) is 21.4 Å². The summed E-state index contributed by atoms with van der Waals surface area (Å²) in [7, 11) is 0. The number of carboxylic acids is 1. The Morgan fingerprint density at radius 2 is 2.00 bits per heavy atom. The van der Waals surface area contributed by atoms with Gasteiger partial charge in [-0.2, -0.15) is 0 Å². The molecule has 0 aliphatic carbocycles. The van der Waals surface area contributed by atoms with Crippen LogP contribution in [0.15, 0.2) is 52.8 Å². The minimum atomic E-state index is -0.968. The quantitative estimate of drug-likeness (QED) is 0.221. The number of nitrogens with two attached hydrogens (primary N) is 2. The van der Waals surface area contributed by atoms with E-state index in [0.29, 0.717) is 17.9 Å². The molecule has 0 bridgehead atoms. The highest BCUT2D eigenvalue weighted by molar-refractivity contribution is 5.91. The van der Waals surface area contributed by atoms with Gasteiger partial charge in [-0.1, -0.05) is 24.3 Å². The number of hydrazine groups is 1. The largest absolute Gasteiger partial charge is 0.493 e. The number of nitrogens with zero attached hydrogens (tertiary/aromatic N) is 1. The number of carbonyl (C=O) groups is 1. The number of benzene rings is 2. The lowest BCUT2D eigenvalue weighted by Gasteiger charge is -2.13. The van der Waals surface area contributed by atoms with E-state index in [2.05, 4.69) is 15.4 Å². The molecule has 0 amide bonds. The van der Waals surface area contributed by atoms with Gasteiger partial charge in [0.15, 0.2) is 5.82 Å². The predicted molar refractivity (Wildman–Crippen MR) is 120 cm³/mol. The van der Waals surface area contributed by atoms with Gasteiger partial charge in [0.1, 0.15) is 17.3 Å². The molecule has 9 heteroatoms. The number of H-pyrrole nitrogens is 1. The lowest BCUT2D eigenvalue weighted by Crippen LogP contribution is -2.20. The van der Waals surface area contributed by atoms with Crippen LogP contribution in [0.5, 0.6) is 5.75 Å². The average molecular weight is 421 g/mol. The van der Waals surface area contributed by atoms with Crippen molar-refractivity contribution < 1.29 is 14.6 Å². The van der Waals surface area contributed by atoms with Crippen LogP contribution in [0.2, 0.25) is 0 Å². The number of aromatic amines is 1. The molecule has 0 fully saturated rings. The summed E-state index contributed by atoms with van der Waals surface area (Å²) >= 11 is 0. The molecule has 3 aromatic rings. The van der Waals surface area contributed by atoms with E-state index in [1.807, 2.05) is 43.3 Å². The Balaban J connectivity index is 2.08. The van der Waals surface area contributed by atoms with Crippen molar-refractivity contribution in [1.82, 2.24) is 9.97 Å². The molecule has 0 aliphatic rings. The second-order valence-corrected chi connectivity index (χ2v) is 6.72. The first-order valence-electron chi connectivity index (χ1n) is 9.49. The van der Waals surface area contributed by atoms with E-state index in [1.54, 1.807) is 19.1 Å². The number of hydrogen-bond acceptors (Lipinski definition) is 7. The van der Waals surface area contributed by atoms with Crippen LogP contribution in [0.25, 0.3) is 28.6 Å². The van der Waals surface area contributed by atoms with Crippen LogP contribution in [0, 0.1) is 0 Å². The number of aliphatic carboxylic acids is 1. The average Bonchev–Trinajstić information content (AvgIpc) is 2.76. The standard InChI is InChI=1S/C22H23N5O4/c1-3-31-17-11-15(14-6-4-5-13(10-14)9-12(2)22(29)30)7-8-16(17)19-25-20(27-24)18(23)21(28)26-19/h4-11H,3,23-24H2,1-2H3,(H,29,30)(H2,25,26,27,28)/b12-9+. The van der Waals surface area contributed by atoms with Crippen LogP contribution < -0.4 is 27.3 Å². The normalized spacial score (nSPS) is 11.3. The maximum absolute atomic E-state index is 12.1. The van der Waals surface area contributed by atoms with Crippen LogP contribution in [0.4, 0.5) is 11.5 Å². The van der Waals surface area contributed by atoms with Crippen LogP contribution in [0.1, 0.15) is 19.4 Å². The summed E-state index contributed by atoms with van der Waals surface area (Å²) in [5.41, 5.74) is 10.7.